The number of carboxylic acids is 1. The van der Waals surface area contributed by atoms with Crippen LogP contribution in [0, 0.1) is 11.2 Å². The largest absolute Gasteiger partial charge is 0.481 e. The predicted octanol–water partition coefficient (Wildman–Crippen LogP) is 2.67. The Morgan fingerprint density at radius 2 is 2.17 bits per heavy atom. The van der Waals surface area contributed by atoms with Gasteiger partial charge in [0.05, 0.1) is 10.4 Å². The molecule has 126 valence electrons. The molecule has 1 atom stereocenters. The number of hydrogen-bond donors (Lipinski definition) is 2. The van der Waals surface area contributed by atoms with Crippen LogP contribution < -0.4 is 10.2 Å². The summed E-state index contributed by atoms with van der Waals surface area (Å²) in [6, 6.07) is 4.47. The van der Waals surface area contributed by atoms with Gasteiger partial charge in [0.15, 0.2) is 0 Å². The van der Waals surface area contributed by atoms with E-state index in [9.17, 15) is 14.0 Å². The molecule has 0 aromatic heterocycles. The Kier molecular flexibility index (Phi) is 5.14. The molecule has 7 heteroatoms. The van der Waals surface area contributed by atoms with Gasteiger partial charge in [0, 0.05) is 31.2 Å². The normalized spacial score (nSPS) is 18.1. The lowest BCUT2D eigenvalue weighted by molar-refractivity contribution is -0.149. The van der Waals surface area contributed by atoms with Gasteiger partial charge in [0.2, 0.25) is 5.91 Å². The number of halogens is 2. The SMILES string of the molecule is CC(C)(CC(=O)N[C@H]1CCN(c2ccc(F)c(Cl)c2)C1)C(=O)O. The van der Waals surface area contributed by atoms with Crippen LogP contribution in [0.5, 0.6) is 0 Å². The molecule has 0 spiro atoms. The highest BCUT2D eigenvalue weighted by Crippen LogP contribution is 2.26. The van der Waals surface area contributed by atoms with E-state index in [1.54, 1.807) is 12.1 Å². The maximum absolute atomic E-state index is 13.2. The van der Waals surface area contributed by atoms with E-state index in [2.05, 4.69) is 5.32 Å². The molecule has 1 aromatic rings. The Hall–Kier alpha value is -1.82. The summed E-state index contributed by atoms with van der Waals surface area (Å²) in [7, 11) is 0. The molecule has 1 amide bonds. The molecule has 1 fully saturated rings. The second-order valence-electron chi connectivity index (χ2n) is 6.46. The first-order valence-corrected chi connectivity index (χ1v) is 7.79. The first-order chi connectivity index (χ1) is 10.7. The van der Waals surface area contributed by atoms with E-state index in [-0.39, 0.29) is 23.4 Å². The van der Waals surface area contributed by atoms with Crippen LogP contribution in [0.25, 0.3) is 0 Å². The third kappa shape index (κ3) is 4.34. The Morgan fingerprint density at radius 3 is 2.78 bits per heavy atom. The van der Waals surface area contributed by atoms with Gasteiger partial charge in [-0.05, 0) is 38.5 Å². The van der Waals surface area contributed by atoms with Crippen LogP contribution >= 0.6 is 11.6 Å². The van der Waals surface area contributed by atoms with Crippen molar-refractivity contribution in [1.82, 2.24) is 5.32 Å². The molecule has 2 rings (SSSR count). The second kappa shape index (κ2) is 6.74. The molecular formula is C16H20ClFN2O3. The predicted molar refractivity (Wildman–Crippen MR) is 86.2 cm³/mol. The maximum Gasteiger partial charge on any atom is 0.309 e. The summed E-state index contributed by atoms with van der Waals surface area (Å²) in [5, 5.41) is 12.0. The number of nitrogens with zero attached hydrogens (tertiary/aromatic N) is 1. The minimum Gasteiger partial charge on any atom is -0.481 e. The highest BCUT2D eigenvalue weighted by Gasteiger charge is 2.32. The smallest absolute Gasteiger partial charge is 0.309 e. The van der Waals surface area contributed by atoms with Gasteiger partial charge < -0.3 is 15.3 Å². The highest BCUT2D eigenvalue weighted by atomic mass is 35.5. The van der Waals surface area contributed by atoms with E-state index in [0.717, 1.165) is 18.7 Å². The number of hydrogen-bond acceptors (Lipinski definition) is 3. The van der Waals surface area contributed by atoms with E-state index < -0.39 is 17.2 Å². The van der Waals surface area contributed by atoms with Crippen molar-refractivity contribution >= 4 is 29.2 Å². The molecule has 0 radical (unpaired) electrons. The average Bonchev–Trinajstić information content (AvgIpc) is 2.89. The zero-order valence-corrected chi connectivity index (χ0v) is 13.9. The van der Waals surface area contributed by atoms with Crippen LogP contribution in [-0.2, 0) is 9.59 Å². The molecule has 2 N–H and O–H groups in total. The van der Waals surface area contributed by atoms with Crippen molar-refractivity contribution in [3.63, 3.8) is 0 Å². The minimum absolute atomic E-state index is 0.0593. The third-order valence-corrected chi connectivity index (χ3v) is 4.29. The molecule has 1 aromatic carbocycles. The van der Waals surface area contributed by atoms with Crippen molar-refractivity contribution < 1.29 is 19.1 Å². The molecule has 5 nitrogen and oxygen atoms in total. The van der Waals surface area contributed by atoms with Crippen molar-refractivity contribution in [3.05, 3.63) is 29.0 Å². The van der Waals surface area contributed by atoms with Crippen molar-refractivity contribution in [2.75, 3.05) is 18.0 Å². The third-order valence-electron chi connectivity index (χ3n) is 4.00. The number of carboxylic acid groups (broad SMARTS) is 1. The fourth-order valence-corrected chi connectivity index (χ4v) is 2.72. The van der Waals surface area contributed by atoms with Crippen LogP contribution in [0.3, 0.4) is 0 Å². The molecule has 0 saturated carbocycles. The standard InChI is InChI=1S/C16H20ClFN2O3/c1-16(2,15(22)23)8-14(21)19-10-5-6-20(9-10)11-3-4-13(18)12(17)7-11/h3-4,7,10H,5-6,8-9H2,1-2H3,(H,19,21)(H,22,23)/t10-/m0/s1. The molecule has 0 bridgehead atoms. The number of benzene rings is 1. The Balaban J connectivity index is 1.91. The Labute approximate surface area is 139 Å². The zero-order valence-electron chi connectivity index (χ0n) is 13.1. The van der Waals surface area contributed by atoms with Gasteiger partial charge in [-0.3, -0.25) is 9.59 Å². The van der Waals surface area contributed by atoms with Crippen LogP contribution in [-0.4, -0.2) is 36.1 Å². The highest BCUT2D eigenvalue weighted by molar-refractivity contribution is 6.31. The first kappa shape index (κ1) is 17.5. The summed E-state index contributed by atoms with van der Waals surface area (Å²) < 4.78 is 13.2. The maximum atomic E-state index is 13.2. The molecule has 0 aliphatic carbocycles. The fourth-order valence-electron chi connectivity index (χ4n) is 2.55. The van der Waals surface area contributed by atoms with Gasteiger partial charge in [-0.25, -0.2) is 4.39 Å². The summed E-state index contributed by atoms with van der Waals surface area (Å²) in [6.45, 7) is 4.35. The molecule has 1 saturated heterocycles. The summed E-state index contributed by atoms with van der Waals surface area (Å²) in [6.07, 6.45) is 0.676. The Bertz CT molecular complexity index is 621. The van der Waals surface area contributed by atoms with E-state index in [1.807, 2.05) is 4.90 Å². The lowest BCUT2D eigenvalue weighted by atomic mass is 9.89. The van der Waals surface area contributed by atoms with Gasteiger partial charge >= 0.3 is 5.97 Å². The summed E-state index contributed by atoms with van der Waals surface area (Å²) in [5.74, 6) is -1.74. The fraction of sp³-hybridized carbons (Fsp3) is 0.500. The summed E-state index contributed by atoms with van der Waals surface area (Å²) in [5.41, 5.74) is -0.286. The van der Waals surface area contributed by atoms with E-state index >= 15 is 0 Å². The molecule has 0 unspecified atom stereocenters. The van der Waals surface area contributed by atoms with E-state index in [4.69, 9.17) is 16.7 Å². The number of rotatable bonds is 5. The monoisotopic (exact) mass is 342 g/mol. The zero-order chi connectivity index (χ0) is 17.2. The quantitative estimate of drug-likeness (QED) is 0.863. The van der Waals surface area contributed by atoms with E-state index in [1.165, 1.54) is 19.9 Å². The van der Waals surface area contributed by atoms with Crippen LogP contribution in [0.1, 0.15) is 26.7 Å². The summed E-state index contributed by atoms with van der Waals surface area (Å²) >= 11 is 5.79. The number of carbonyl (C=O) groups excluding carboxylic acids is 1. The van der Waals surface area contributed by atoms with Gasteiger partial charge in [-0.2, -0.15) is 0 Å². The summed E-state index contributed by atoms with van der Waals surface area (Å²) in [4.78, 5) is 25.1. The Morgan fingerprint density at radius 1 is 1.48 bits per heavy atom. The second-order valence-corrected chi connectivity index (χ2v) is 6.87. The van der Waals surface area contributed by atoms with Gasteiger partial charge in [0.1, 0.15) is 5.82 Å². The average molecular weight is 343 g/mol. The van der Waals surface area contributed by atoms with E-state index in [0.29, 0.717) is 6.54 Å². The number of carbonyl (C=O) groups is 2. The molecular weight excluding hydrogens is 323 g/mol. The number of aliphatic carboxylic acids is 1. The topological polar surface area (TPSA) is 69.6 Å². The lowest BCUT2D eigenvalue weighted by Gasteiger charge is -2.21. The first-order valence-electron chi connectivity index (χ1n) is 7.42. The van der Waals surface area contributed by atoms with Crippen molar-refractivity contribution in [1.29, 1.82) is 0 Å². The van der Waals surface area contributed by atoms with Crippen LogP contribution in [0.4, 0.5) is 10.1 Å². The lowest BCUT2D eigenvalue weighted by Crippen LogP contribution is -2.40. The van der Waals surface area contributed by atoms with Crippen molar-refractivity contribution in [3.8, 4) is 0 Å². The number of amides is 1. The van der Waals surface area contributed by atoms with Gasteiger partial charge in [-0.1, -0.05) is 11.6 Å². The molecule has 23 heavy (non-hydrogen) atoms. The molecule has 1 aliphatic heterocycles. The van der Waals surface area contributed by atoms with Gasteiger partial charge in [-0.15, -0.1) is 0 Å². The van der Waals surface area contributed by atoms with Gasteiger partial charge in [0.25, 0.3) is 0 Å². The number of nitrogens with one attached hydrogen (secondary N) is 1. The molecule has 1 heterocycles. The van der Waals surface area contributed by atoms with Crippen LogP contribution in [0.2, 0.25) is 5.02 Å². The van der Waals surface area contributed by atoms with Crippen molar-refractivity contribution in [2.45, 2.75) is 32.7 Å². The number of anilines is 1. The van der Waals surface area contributed by atoms with Crippen LogP contribution in [0.15, 0.2) is 18.2 Å². The minimum atomic E-state index is -1.09. The van der Waals surface area contributed by atoms with Crippen molar-refractivity contribution in [2.24, 2.45) is 5.41 Å². The molecule has 1 aliphatic rings.